The van der Waals surface area contributed by atoms with E-state index in [1.807, 2.05) is 0 Å². The molecule has 4 heteroatoms. The van der Waals surface area contributed by atoms with Crippen molar-refractivity contribution in [3.8, 4) is 33.5 Å². The molecule has 0 saturated carbocycles. The van der Waals surface area contributed by atoms with E-state index in [2.05, 4.69) is 203 Å². The molecular weight excluding hydrogens is 661 g/mol. The number of aromatic nitrogens is 1. The lowest BCUT2D eigenvalue weighted by molar-refractivity contribution is -0.713. The van der Waals surface area contributed by atoms with Crippen LogP contribution in [0.25, 0.3) is 55.4 Å². The van der Waals surface area contributed by atoms with Crippen LogP contribution in [0, 0.1) is 18.3 Å². The Morgan fingerprint density at radius 1 is 0.906 bits per heavy atom. The summed E-state index contributed by atoms with van der Waals surface area (Å²) in [6.07, 6.45) is 17.2. The van der Waals surface area contributed by atoms with Gasteiger partial charge in [-0.25, -0.2) is 0 Å². The number of nitrogens with zero attached hydrogens (tertiary/aromatic N) is 2. The van der Waals surface area contributed by atoms with Crippen LogP contribution < -0.4 is 4.57 Å². The quantitative estimate of drug-likeness (QED) is 0.0845. The summed E-state index contributed by atoms with van der Waals surface area (Å²) in [6.45, 7) is 18.9. The Hall–Kier alpha value is -5.19. The molecule has 266 valence electrons. The minimum Gasteiger partial charge on any atom is -0.455 e. The maximum absolute atomic E-state index is 7.03. The van der Waals surface area contributed by atoms with Gasteiger partial charge in [-0.1, -0.05) is 128 Å². The molecule has 3 nitrogen and oxygen atoms in total. The molecule has 0 saturated heterocycles. The van der Waals surface area contributed by atoms with Crippen LogP contribution in [0.15, 0.2) is 156 Å². The molecule has 6 aromatic rings. The maximum atomic E-state index is 7.03. The Labute approximate surface area is 316 Å². The first-order chi connectivity index (χ1) is 25.5. The Morgan fingerprint density at radius 2 is 1.60 bits per heavy atom. The van der Waals surface area contributed by atoms with E-state index in [0.717, 1.165) is 33.9 Å². The maximum Gasteiger partial charge on any atom is 0.217 e. The Bertz CT molecular complexity index is 2450. The van der Waals surface area contributed by atoms with Crippen LogP contribution in [0.3, 0.4) is 0 Å². The highest BCUT2D eigenvalue weighted by Crippen LogP contribution is 2.55. The molecule has 53 heavy (non-hydrogen) atoms. The number of likely N-dealkylation sites (N-methyl/N-ethyl adjacent to an activating group) is 1. The molecule has 2 aliphatic rings. The lowest BCUT2D eigenvalue weighted by Crippen LogP contribution is -2.57. The number of fused-ring (bicyclic) bond motifs is 7. The molecule has 2 aromatic heterocycles. The van der Waals surface area contributed by atoms with E-state index in [9.17, 15) is 0 Å². The Balaban J connectivity index is 1.41. The van der Waals surface area contributed by atoms with Crippen molar-refractivity contribution in [1.82, 2.24) is 4.90 Å². The predicted molar refractivity (Wildman–Crippen MR) is 226 cm³/mol. The highest BCUT2D eigenvalue weighted by atomic mass is 28.3. The van der Waals surface area contributed by atoms with Gasteiger partial charge < -0.3 is 9.32 Å². The first-order valence-electron chi connectivity index (χ1n) is 19.0. The number of allylic oxidation sites excluding steroid dienone is 5. The van der Waals surface area contributed by atoms with Crippen molar-refractivity contribution in [2.75, 3.05) is 7.05 Å². The third-order valence-corrected chi connectivity index (χ3v) is 14.8. The van der Waals surface area contributed by atoms with Crippen LogP contribution in [0.4, 0.5) is 0 Å². The zero-order valence-corrected chi connectivity index (χ0v) is 33.2. The monoisotopic (exact) mass is 711 g/mol. The summed E-state index contributed by atoms with van der Waals surface area (Å²) >= 11 is 0. The average Bonchev–Trinajstić information content (AvgIpc) is 3.70. The molecule has 0 radical (unpaired) electrons. The van der Waals surface area contributed by atoms with Crippen molar-refractivity contribution in [1.29, 1.82) is 0 Å². The summed E-state index contributed by atoms with van der Waals surface area (Å²) in [6, 6.07) is 35.2. The van der Waals surface area contributed by atoms with E-state index in [-0.39, 0.29) is 23.4 Å². The number of benzene rings is 4. The minimum atomic E-state index is -1.51. The lowest BCUT2D eigenvalue weighted by Gasteiger charge is -2.47. The van der Waals surface area contributed by atoms with Gasteiger partial charge in [-0.15, -0.1) is 6.58 Å². The van der Waals surface area contributed by atoms with E-state index in [1.165, 1.54) is 44.3 Å². The van der Waals surface area contributed by atoms with Gasteiger partial charge in [0, 0.05) is 35.0 Å². The van der Waals surface area contributed by atoms with E-state index < -0.39 is 8.07 Å². The van der Waals surface area contributed by atoms with E-state index in [4.69, 9.17) is 4.42 Å². The summed E-state index contributed by atoms with van der Waals surface area (Å²) in [7, 11) is 0.750. The highest BCUT2D eigenvalue weighted by Gasteiger charge is 2.57. The normalized spacial score (nSPS) is 18.5. The number of pyridine rings is 1. The summed E-state index contributed by atoms with van der Waals surface area (Å²) in [5.74, 6) is 0.260. The third-order valence-electron chi connectivity index (χ3n) is 12.3. The molecule has 4 atom stereocenters. The predicted octanol–water partition coefficient (Wildman–Crippen LogP) is 12.5. The molecule has 0 fully saturated rings. The van der Waals surface area contributed by atoms with Gasteiger partial charge in [0.05, 0.1) is 25.1 Å². The molecule has 0 amide bonds. The smallest absolute Gasteiger partial charge is 0.217 e. The fraction of sp³-hybridized carbons (Fsp3) is 0.245. The average molecular weight is 712 g/mol. The topological polar surface area (TPSA) is 20.3 Å². The fourth-order valence-electron chi connectivity index (χ4n) is 9.01. The van der Waals surface area contributed by atoms with Gasteiger partial charge in [0.15, 0.2) is 12.2 Å². The zero-order valence-electron chi connectivity index (χ0n) is 32.2. The van der Waals surface area contributed by atoms with Crippen LogP contribution in [-0.4, -0.2) is 26.1 Å². The van der Waals surface area contributed by atoms with E-state index in [1.54, 1.807) is 0 Å². The molecule has 1 aliphatic heterocycles. The van der Waals surface area contributed by atoms with Crippen molar-refractivity contribution in [2.24, 2.45) is 11.3 Å². The van der Waals surface area contributed by atoms with Crippen LogP contribution in [0.1, 0.15) is 37.4 Å². The SMILES string of the molecule is C=CC(N(C)/C=C(\C)[Si](C)(C)C)C(C)(C1C=CC=CC1)C1c2ccc3c(oc4cc(-c5ccccc5)ccc43)c2-c2cc(C)c(-c3ccccc3)c[n+]21. The fourth-order valence-corrected chi connectivity index (χ4v) is 9.60. The van der Waals surface area contributed by atoms with Gasteiger partial charge in [0.1, 0.15) is 11.2 Å². The summed E-state index contributed by atoms with van der Waals surface area (Å²) in [5.41, 5.74) is 11.4. The summed E-state index contributed by atoms with van der Waals surface area (Å²) < 4.78 is 9.62. The van der Waals surface area contributed by atoms with Crippen LogP contribution in [0.2, 0.25) is 19.6 Å². The standard InChI is InChI=1S/C49H51N2OSi/c1-9-45(50(5)31-34(3)53(6,7)8)49(4,38-23-17-12-18-24-38)48-41-28-27-40-39-26-25-37(35-19-13-10-14-20-35)30-44(39)52-47(40)46(41)43-29-33(2)42(32-51(43)48)36-21-15-11-16-22-36/h9-23,25-32,38,45,48H,1,24H2,2-8H3/q+1/b34-31+. The van der Waals surface area contributed by atoms with Crippen LogP contribution >= 0.6 is 0 Å². The second-order valence-corrected chi connectivity index (χ2v) is 21.7. The number of hydrogen-bond donors (Lipinski definition) is 0. The number of aryl methyl sites for hydroxylation is 1. The van der Waals surface area contributed by atoms with Crippen molar-refractivity contribution in [3.05, 3.63) is 163 Å². The molecule has 0 N–H and O–H groups in total. The first-order valence-corrected chi connectivity index (χ1v) is 22.5. The highest BCUT2D eigenvalue weighted by molar-refractivity contribution is 6.82. The molecule has 4 unspecified atom stereocenters. The first kappa shape index (κ1) is 34.9. The molecule has 0 bridgehead atoms. The largest absolute Gasteiger partial charge is 0.455 e. The Kier molecular flexibility index (Phi) is 8.78. The van der Waals surface area contributed by atoms with Crippen LogP contribution in [0.5, 0.6) is 0 Å². The van der Waals surface area contributed by atoms with Gasteiger partial charge in [0.2, 0.25) is 5.69 Å². The van der Waals surface area contributed by atoms with E-state index in [0.29, 0.717) is 0 Å². The van der Waals surface area contributed by atoms with Crippen molar-refractivity contribution in [2.45, 2.75) is 58.9 Å². The number of rotatable bonds is 9. The van der Waals surface area contributed by atoms with Crippen molar-refractivity contribution >= 4 is 30.0 Å². The van der Waals surface area contributed by atoms with Crippen molar-refractivity contribution in [3.63, 3.8) is 0 Å². The second-order valence-electron chi connectivity index (χ2n) is 16.4. The number of furan rings is 1. The van der Waals surface area contributed by atoms with E-state index >= 15 is 0 Å². The van der Waals surface area contributed by atoms with Crippen molar-refractivity contribution < 1.29 is 8.98 Å². The zero-order chi connectivity index (χ0) is 37.1. The van der Waals surface area contributed by atoms with Gasteiger partial charge in [-0.05, 0) is 79.8 Å². The lowest BCUT2D eigenvalue weighted by atomic mass is 9.62. The molecule has 8 rings (SSSR count). The second kappa shape index (κ2) is 13.3. The summed E-state index contributed by atoms with van der Waals surface area (Å²) in [4.78, 5) is 2.46. The summed E-state index contributed by atoms with van der Waals surface area (Å²) in [5, 5.41) is 3.78. The van der Waals surface area contributed by atoms with Gasteiger partial charge in [-0.3, -0.25) is 0 Å². The van der Waals surface area contributed by atoms with Crippen LogP contribution in [-0.2, 0) is 0 Å². The third kappa shape index (κ3) is 5.84. The Morgan fingerprint density at radius 3 is 2.26 bits per heavy atom. The molecule has 1 aliphatic carbocycles. The van der Waals surface area contributed by atoms with Gasteiger partial charge in [0.25, 0.3) is 0 Å². The molecule has 3 heterocycles. The van der Waals surface area contributed by atoms with Gasteiger partial charge in [-0.2, -0.15) is 4.57 Å². The molecular formula is C49H51N2OSi+. The molecule has 0 spiro atoms. The van der Waals surface area contributed by atoms with Gasteiger partial charge >= 0.3 is 0 Å². The minimum absolute atomic E-state index is 0.000224. The number of hydrogen-bond acceptors (Lipinski definition) is 2. The molecule has 4 aromatic carbocycles.